The molecule has 0 atom stereocenters. The van der Waals surface area contributed by atoms with Crippen LogP contribution in [0.5, 0.6) is 0 Å². The molecule has 14 heavy (non-hydrogen) atoms. The van der Waals surface area contributed by atoms with E-state index in [2.05, 4.69) is 6.92 Å². The maximum atomic E-state index is 12.5. The first-order valence-electron chi connectivity index (χ1n) is 3.36. The van der Waals surface area contributed by atoms with Crippen molar-refractivity contribution in [2.24, 2.45) is 0 Å². The third-order valence-electron chi connectivity index (χ3n) is 1.37. The van der Waals surface area contributed by atoms with E-state index in [9.17, 15) is 17.6 Å². The van der Waals surface area contributed by atoms with Gasteiger partial charge in [-0.3, -0.25) is 4.39 Å². The van der Waals surface area contributed by atoms with Gasteiger partial charge in [-0.05, 0) is 5.56 Å². The molecule has 1 aromatic rings. The van der Waals surface area contributed by atoms with Gasteiger partial charge in [-0.25, -0.2) is 0 Å². The number of halogens is 5. The summed E-state index contributed by atoms with van der Waals surface area (Å²) in [5.74, 6) is -0.733. The summed E-state index contributed by atoms with van der Waals surface area (Å²) in [5, 5.41) is 0. The average molecular weight is 278 g/mol. The normalized spacial score (nSPS) is 10.5. The maximum absolute atomic E-state index is 12.5. The minimum atomic E-state index is -4.43. The Morgan fingerprint density at radius 1 is 1.21 bits per heavy atom. The molecular weight excluding hydrogens is 273 g/mol. The third-order valence-corrected chi connectivity index (χ3v) is 1.37. The predicted octanol–water partition coefficient (Wildman–Crippen LogP) is 3.71. The van der Waals surface area contributed by atoms with Gasteiger partial charge in [-0.15, -0.1) is 6.07 Å². The molecule has 0 fully saturated rings. The first-order valence-corrected chi connectivity index (χ1v) is 7.26. The van der Waals surface area contributed by atoms with Gasteiger partial charge in [-0.2, -0.15) is 25.7 Å². The number of rotatable bonds is 0. The van der Waals surface area contributed by atoms with Gasteiger partial charge in [0, 0.05) is 5.82 Å². The van der Waals surface area contributed by atoms with E-state index in [-0.39, 0.29) is 5.56 Å². The van der Waals surface area contributed by atoms with Gasteiger partial charge in [0.05, 0.1) is 0 Å². The van der Waals surface area contributed by atoms with Crippen molar-refractivity contribution in [3.63, 3.8) is 0 Å². The van der Waals surface area contributed by atoms with Crippen LogP contribution in [0.15, 0.2) is 18.2 Å². The summed E-state index contributed by atoms with van der Waals surface area (Å²) in [6.45, 7) is 3.12. The average Bonchev–Trinajstić information content (AvgIpc) is 2.11. The molecule has 0 saturated heterocycles. The molecule has 0 unspecified atom stereocenters. The fourth-order valence-corrected chi connectivity index (χ4v) is 0.751. The van der Waals surface area contributed by atoms with Gasteiger partial charge in [-0.1, -0.05) is 12.1 Å². The van der Waals surface area contributed by atoms with E-state index in [4.69, 9.17) is 9.69 Å². The SMILES string of the molecule is [CH2-]c1cc(C(F)(F)F)ccc1F.[Cl][Zn+]. The molecule has 0 aliphatic carbocycles. The molecule has 0 N–H and O–H groups in total. The van der Waals surface area contributed by atoms with Crippen molar-refractivity contribution in [1.82, 2.24) is 0 Å². The quantitative estimate of drug-likeness (QED) is 0.385. The van der Waals surface area contributed by atoms with Crippen LogP contribution in [0.25, 0.3) is 0 Å². The van der Waals surface area contributed by atoms with Crippen LogP contribution in [0.2, 0.25) is 0 Å². The Kier molecular flexibility index (Phi) is 5.46. The minimum absolute atomic E-state index is 0.246. The summed E-state index contributed by atoms with van der Waals surface area (Å²) in [7, 11) is 4.76. The molecule has 0 radical (unpaired) electrons. The zero-order chi connectivity index (χ0) is 11.4. The van der Waals surface area contributed by atoms with Crippen molar-refractivity contribution < 1.29 is 34.9 Å². The van der Waals surface area contributed by atoms with E-state index in [1.165, 1.54) is 0 Å². The summed E-state index contributed by atoms with van der Waals surface area (Å²) in [4.78, 5) is 0. The van der Waals surface area contributed by atoms with Gasteiger partial charge in [0.2, 0.25) is 0 Å². The van der Waals surface area contributed by atoms with E-state index < -0.39 is 17.6 Å². The van der Waals surface area contributed by atoms with Crippen molar-refractivity contribution >= 4 is 9.69 Å². The van der Waals surface area contributed by atoms with Crippen molar-refractivity contribution in [2.75, 3.05) is 0 Å². The summed E-state index contributed by atoms with van der Waals surface area (Å²) < 4.78 is 48.3. The van der Waals surface area contributed by atoms with Gasteiger partial charge in [0.25, 0.3) is 0 Å². The molecule has 1 aromatic carbocycles. The van der Waals surface area contributed by atoms with Crippen LogP contribution >= 0.6 is 9.69 Å². The predicted molar refractivity (Wildman–Crippen MR) is 41.7 cm³/mol. The van der Waals surface area contributed by atoms with Gasteiger partial charge < -0.3 is 0 Å². The Balaban J connectivity index is 0.000000791. The van der Waals surface area contributed by atoms with Crippen LogP contribution in [-0.2, 0) is 23.5 Å². The second-order valence-corrected chi connectivity index (χ2v) is 2.30. The Morgan fingerprint density at radius 2 is 1.71 bits per heavy atom. The summed E-state index contributed by atoms with van der Waals surface area (Å²) in [5.41, 5.74) is -1.13. The van der Waals surface area contributed by atoms with Gasteiger partial charge in [0.1, 0.15) is 0 Å². The molecule has 0 amide bonds. The monoisotopic (exact) mass is 276 g/mol. The Bertz CT molecular complexity index is 298. The summed E-state index contributed by atoms with van der Waals surface area (Å²) >= 11 is 0.847. The third kappa shape index (κ3) is 3.85. The van der Waals surface area contributed by atoms with Crippen LogP contribution in [-0.4, -0.2) is 0 Å². The standard InChI is InChI=1S/C8H5F4.ClH.Zn/c1-5-4-6(8(10,11)12)2-3-7(5)9;;/h2-4H,1H2;1H;/q-1;;+2/p-1. The van der Waals surface area contributed by atoms with Crippen LogP contribution in [0.1, 0.15) is 11.1 Å². The zero-order valence-corrected chi connectivity index (χ0v) is 10.8. The zero-order valence-electron chi connectivity index (χ0n) is 7.04. The number of benzene rings is 1. The Labute approximate surface area is 93.0 Å². The molecule has 74 valence electrons. The molecule has 0 nitrogen and oxygen atoms in total. The molecule has 0 spiro atoms. The molecule has 0 aliphatic heterocycles. The summed E-state index contributed by atoms with van der Waals surface area (Å²) in [6.07, 6.45) is -4.43. The molecule has 1 rings (SSSR count). The van der Waals surface area contributed by atoms with E-state index in [1.54, 1.807) is 0 Å². The second-order valence-electron chi connectivity index (χ2n) is 2.30. The molecule has 0 saturated carbocycles. The first kappa shape index (κ1) is 13.7. The van der Waals surface area contributed by atoms with E-state index in [0.717, 1.165) is 23.4 Å². The molecule has 0 aromatic heterocycles. The summed E-state index contributed by atoms with van der Waals surface area (Å²) in [6, 6.07) is 2.12. The fourth-order valence-electron chi connectivity index (χ4n) is 0.751. The van der Waals surface area contributed by atoms with E-state index in [0.29, 0.717) is 12.1 Å². The van der Waals surface area contributed by atoms with Crippen molar-refractivity contribution in [2.45, 2.75) is 6.18 Å². The van der Waals surface area contributed by atoms with Crippen molar-refractivity contribution in [3.05, 3.63) is 42.1 Å². The molecule has 0 heterocycles. The second kappa shape index (κ2) is 5.57. The molecule has 0 aliphatic rings. The first-order chi connectivity index (χ1) is 6.41. The van der Waals surface area contributed by atoms with Crippen LogP contribution in [0.3, 0.4) is 0 Å². The van der Waals surface area contributed by atoms with Crippen LogP contribution in [0, 0.1) is 12.7 Å². The van der Waals surface area contributed by atoms with Crippen LogP contribution in [0.4, 0.5) is 17.6 Å². The van der Waals surface area contributed by atoms with Gasteiger partial charge >= 0.3 is 33.2 Å². The molecular formula is C8H5ClF4Zn. The number of hydrogen-bond donors (Lipinski definition) is 0. The van der Waals surface area contributed by atoms with Crippen molar-refractivity contribution in [1.29, 1.82) is 0 Å². The topological polar surface area (TPSA) is 0 Å². The van der Waals surface area contributed by atoms with E-state index >= 15 is 0 Å². The van der Waals surface area contributed by atoms with Crippen molar-refractivity contribution in [3.8, 4) is 0 Å². The number of hydrogen-bond acceptors (Lipinski definition) is 0. The van der Waals surface area contributed by atoms with Gasteiger partial charge in [0.15, 0.2) is 0 Å². The fraction of sp³-hybridized carbons (Fsp3) is 0.125. The Morgan fingerprint density at radius 3 is 2.07 bits per heavy atom. The molecule has 0 bridgehead atoms. The molecule has 6 heteroatoms. The van der Waals surface area contributed by atoms with E-state index in [1.807, 2.05) is 0 Å². The number of alkyl halides is 3. The van der Waals surface area contributed by atoms with Crippen LogP contribution < -0.4 is 0 Å². The Hall–Kier alpha value is -0.277.